The predicted molar refractivity (Wildman–Crippen MR) is 48.4 cm³/mol. The molecule has 0 aromatic heterocycles. The number of nitro benzene ring substituents is 1. The smallest absolute Gasteiger partial charge is 0.275 e. The van der Waals surface area contributed by atoms with Crippen molar-refractivity contribution >= 4 is 5.69 Å². The van der Waals surface area contributed by atoms with Crippen LogP contribution >= 0.6 is 0 Å². The molecule has 0 aliphatic rings. The standard InChI is InChI=1S/C9H10FNO3/c1-6(12)5-7-8(10)3-2-4-9(7)11(13)14/h2-4,6,12H,5H2,1H3/t6-/m1/s1. The molecular formula is C9H10FNO3. The maximum absolute atomic E-state index is 13.2. The van der Waals surface area contributed by atoms with Gasteiger partial charge in [0.1, 0.15) is 5.82 Å². The third-order valence-corrected chi connectivity index (χ3v) is 1.79. The van der Waals surface area contributed by atoms with Crippen LogP contribution in [0.3, 0.4) is 0 Å². The summed E-state index contributed by atoms with van der Waals surface area (Å²) in [6.07, 6.45) is -0.853. The van der Waals surface area contributed by atoms with Gasteiger partial charge < -0.3 is 5.11 Å². The van der Waals surface area contributed by atoms with Crippen LogP contribution in [0.5, 0.6) is 0 Å². The quantitative estimate of drug-likeness (QED) is 0.594. The molecule has 76 valence electrons. The molecule has 0 spiro atoms. The number of halogens is 1. The Morgan fingerprint density at radius 3 is 2.79 bits per heavy atom. The van der Waals surface area contributed by atoms with Gasteiger partial charge in [-0.3, -0.25) is 10.1 Å². The maximum Gasteiger partial charge on any atom is 0.275 e. The Labute approximate surface area is 80.1 Å². The molecule has 0 fully saturated rings. The van der Waals surface area contributed by atoms with Crippen molar-refractivity contribution in [1.29, 1.82) is 0 Å². The van der Waals surface area contributed by atoms with E-state index >= 15 is 0 Å². The lowest BCUT2D eigenvalue weighted by Crippen LogP contribution is -2.08. The Bertz CT molecular complexity index is 352. The first kappa shape index (κ1) is 10.6. The second-order valence-electron chi connectivity index (χ2n) is 3.05. The van der Waals surface area contributed by atoms with Crippen LogP contribution in [0.25, 0.3) is 0 Å². The molecule has 4 nitrogen and oxygen atoms in total. The highest BCUT2D eigenvalue weighted by molar-refractivity contribution is 5.41. The minimum Gasteiger partial charge on any atom is -0.393 e. The van der Waals surface area contributed by atoms with Crippen molar-refractivity contribution in [1.82, 2.24) is 0 Å². The number of aliphatic hydroxyl groups is 1. The molecule has 0 amide bonds. The average Bonchev–Trinajstić information content (AvgIpc) is 2.07. The highest BCUT2D eigenvalue weighted by Gasteiger charge is 2.18. The van der Waals surface area contributed by atoms with Crippen molar-refractivity contribution in [2.45, 2.75) is 19.4 Å². The summed E-state index contributed by atoms with van der Waals surface area (Å²) in [5.41, 5.74) is -0.335. The summed E-state index contributed by atoms with van der Waals surface area (Å²) < 4.78 is 13.2. The van der Waals surface area contributed by atoms with Crippen LogP contribution in [0.1, 0.15) is 12.5 Å². The summed E-state index contributed by atoms with van der Waals surface area (Å²) in [6, 6.07) is 3.64. The molecule has 0 aliphatic carbocycles. The van der Waals surface area contributed by atoms with E-state index in [1.165, 1.54) is 19.1 Å². The maximum atomic E-state index is 13.2. The van der Waals surface area contributed by atoms with E-state index in [1.54, 1.807) is 0 Å². The molecule has 1 rings (SSSR count). The summed E-state index contributed by atoms with van der Waals surface area (Å²) >= 11 is 0. The molecule has 14 heavy (non-hydrogen) atoms. The van der Waals surface area contributed by atoms with E-state index in [0.29, 0.717) is 0 Å². The fraction of sp³-hybridized carbons (Fsp3) is 0.333. The van der Waals surface area contributed by atoms with Crippen molar-refractivity contribution in [2.75, 3.05) is 0 Å². The number of hydrogen-bond acceptors (Lipinski definition) is 3. The summed E-state index contributed by atoms with van der Waals surface area (Å²) in [5, 5.41) is 19.6. The van der Waals surface area contributed by atoms with Gasteiger partial charge in [-0.15, -0.1) is 0 Å². The Hall–Kier alpha value is -1.49. The van der Waals surface area contributed by atoms with Crippen LogP contribution in [-0.4, -0.2) is 16.1 Å². The van der Waals surface area contributed by atoms with E-state index in [9.17, 15) is 14.5 Å². The number of aliphatic hydroxyl groups excluding tert-OH is 1. The molecule has 0 heterocycles. The van der Waals surface area contributed by atoms with E-state index in [4.69, 9.17) is 5.11 Å². The summed E-state index contributed by atoms with van der Waals surface area (Å²) in [5.74, 6) is -0.653. The molecular weight excluding hydrogens is 189 g/mol. The van der Waals surface area contributed by atoms with E-state index in [1.807, 2.05) is 0 Å². The molecule has 1 N–H and O–H groups in total. The van der Waals surface area contributed by atoms with E-state index in [0.717, 1.165) is 6.07 Å². The summed E-state index contributed by atoms with van der Waals surface area (Å²) in [7, 11) is 0. The SMILES string of the molecule is C[C@@H](O)Cc1c(F)cccc1[N+](=O)[O-]. The minimum absolute atomic E-state index is 0.0486. The Kier molecular flexibility index (Phi) is 3.14. The molecule has 5 heteroatoms. The van der Waals surface area contributed by atoms with Crippen molar-refractivity contribution in [3.8, 4) is 0 Å². The number of nitrogens with zero attached hydrogens (tertiary/aromatic N) is 1. The third kappa shape index (κ3) is 2.26. The number of nitro groups is 1. The Morgan fingerprint density at radius 2 is 2.29 bits per heavy atom. The first-order chi connectivity index (χ1) is 6.52. The Morgan fingerprint density at radius 1 is 1.64 bits per heavy atom. The van der Waals surface area contributed by atoms with E-state index in [-0.39, 0.29) is 17.7 Å². The number of hydrogen-bond donors (Lipinski definition) is 1. The van der Waals surface area contributed by atoms with Crippen molar-refractivity contribution in [3.05, 3.63) is 39.7 Å². The average molecular weight is 199 g/mol. The second kappa shape index (κ2) is 4.15. The van der Waals surface area contributed by atoms with Crippen molar-refractivity contribution < 1.29 is 14.4 Å². The molecule has 0 radical (unpaired) electrons. The lowest BCUT2D eigenvalue weighted by atomic mass is 10.1. The Balaban J connectivity index is 3.15. The number of rotatable bonds is 3. The van der Waals surface area contributed by atoms with Gasteiger partial charge in [0.2, 0.25) is 0 Å². The molecule has 0 aliphatic heterocycles. The molecule has 0 saturated heterocycles. The largest absolute Gasteiger partial charge is 0.393 e. The van der Waals surface area contributed by atoms with Crippen LogP contribution in [0.2, 0.25) is 0 Å². The van der Waals surface area contributed by atoms with Crippen LogP contribution < -0.4 is 0 Å². The summed E-state index contributed by atoms with van der Waals surface area (Å²) in [4.78, 5) is 9.86. The van der Waals surface area contributed by atoms with Gasteiger partial charge in [-0.25, -0.2) is 4.39 Å². The molecule has 0 unspecified atom stereocenters. The van der Waals surface area contributed by atoms with Crippen LogP contribution in [0.15, 0.2) is 18.2 Å². The van der Waals surface area contributed by atoms with Gasteiger partial charge in [0, 0.05) is 12.5 Å². The zero-order chi connectivity index (χ0) is 10.7. The van der Waals surface area contributed by atoms with Gasteiger partial charge >= 0.3 is 0 Å². The van der Waals surface area contributed by atoms with Gasteiger partial charge in [-0.1, -0.05) is 6.07 Å². The molecule has 1 atom stereocenters. The van der Waals surface area contributed by atoms with Crippen molar-refractivity contribution in [3.63, 3.8) is 0 Å². The van der Waals surface area contributed by atoms with Gasteiger partial charge in [0.15, 0.2) is 0 Å². The third-order valence-electron chi connectivity index (χ3n) is 1.79. The van der Waals surface area contributed by atoms with Crippen LogP contribution in [0.4, 0.5) is 10.1 Å². The van der Waals surface area contributed by atoms with E-state index < -0.39 is 16.8 Å². The molecule has 0 saturated carbocycles. The highest BCUT2D eigenvalue weighted by atomic mass is 19.1. The first-order valence-electron chi connectivity index (χ1n) is 4.12. The van der Waals surface area contributed by atoms with Gasteiger partial charge in [0.25, 0.3) is 5.69 Å². The normalized spacial score (nSPS) is 12.5. The lowest BCUT2D eigenvalue weighted by molar-refractivity contribution is -0.385. The topological polar surface area (TPSA) is 63.4 Å². The minimum atomic E-state index is -0.800. The van der Waals surface area contributed by atoms with Gasteiger partial charge in [-0.2, -0.15) is 0 Å². The second-order valence-corrected chi connectivity index (χ2v) is 3.05. The van der Waals surface area contributed by atoms with Crippen molar-refractivity contribution in [2.24, 2.45) is 0 Å². The van der Waals surface area contributed by atoms with E-state index in [2.05, 4.69) is 0 Å². The van der Waals surface area contributed by atoms with Gasteiger partial charge in [0.05, 0.1) is 16.6 Å². The molecule has 0 bridgehead atoms. The summed E-state index contributed by atoms with van der Waals surface area (Å²) in [6.45, 7) is 1.45. The first-order valence-corrected chi connectivity index (χ1v) is 4.12. The molecule has 1 aromatic rings. The fourth-order valence-electron chi connectivity index (χ4n) is 1.22. The van der Waals surface area contributed by atoms with Gasteiger partial charge in [-0.05, 0) is 13.0 Å². The number of benzene rings is 1. The highest BCUT2D eigenvalue weighted by Crippen LogP contribution is 2.22. The zero-order valence-electron chi connectivity index (χ0n) is 7.61. The van der Waals surface area contributed by atoms with Crippen LogP contribution in [-0.2, 0) is 6.42 Å². The fourth-order valence-corrected chi connectivity index (χ4v) is 1.22. The zero-order valence-corrected chi connectivity index (χ0v) is 7.61. The van der Waals surface area contributed by atoms with Crippen LogP contribution in [0, 0.1) is 15.9 Å². The molecule has 1 aromatic carbocycles. The lowest BCUT2D eigenvalue weighted by Gasteiger charge is -2.05. The monoisotopic (exact) mass is 199 g/mol. The predicted octanol–water partition coefficient (Wildman–Crippen LogP) is 1.66.